The molecule has 1 heterocycles. The number of carboxylic acid groups (broad SMARTS) is 1. The van der Waals surface area contributed by atoms with E-state index in [0.29, 0.717) is 5.28 Å². The molecule has 0 spiro atoms. The van der Waals surface area contributed by atoms with Crippen molar-refractivity contribution >= 4 is 28.6 Å². The lowest BCUT2D eigenvalue weighted by molar-refractivity contribution is -0.134. The number of imidazole rings is 1. The van der Waals surface area contributed by atoms with Crippen LogP contribution in [0, 0.1) is 0 Å². The molecule has 0 saturated carbocycles. The number of carbonyl (C=O) groups is 1. The lowest BCUT2D eigenvalue weighted by Gasteiger charge is -1.92. The topological polar surface area (TPSA) is 55.1 Å². The Morgan fingerprint density at radius 1 is 1.35 bits per heavy atom. The molecule has 1 aromatic carbocycles. The van der Waals surface area contributed by atoms with E-state index in [-0.39, 0.29) is 0 Å². The maximum absolute atomic E-state index is 9.00. The van der Waals surface area contributed by atoms with Gasteiger partial charge in [-0.3, -0.25) is 4.79 Å². The van der Waals surface area contributed by atoms with Gasteiger partial charge in [0.1, 0.15) is 0 Å². The SMILES string of the molecule is CC.CC(=O)O.Cn1c(Cl)nc2ccccc21. The molecule has 5 heteroatoms. The Kier molecular flexibility index (Phi) is 6.98. The Morgan fingerprint density at radius 3 is 2.29 bits per heavy atom. The van der Waals surface area contributed by atoms with Gasteiger partial charge in [-0.25, -0.2) is 4.98 Å². The van der Waals surface area contributed by atoms with Crippen LogP contribution >= 0.6 is 11.6 Å². The zero-order chi connectivity index (χ0) is 13.4. The lowest BCUT2D eigenvalue weighted by Crippen LogP contribution is -1.85. The van der Waals surface area contributed by atoms with E-state index in [2.05, 4.69) is 4.98 Å². The van der Waals surface area contributed by atoms with Crippen LogP contribution in [-0.2, 0) is 11.8 Å². The van der Waals surface area contributed by atoms with Crippen molar-refractivity contribution in [2.75, 3.05) is 0 Å². The lowest BCUT2D eigenvalue weighted by atomic mass is 10.3. The zero-order valence-electron chi connectivity index (χ0n) is 10.4. The molecule has 0 fully saturated rings. The van der Waals surface area contributed by atoms with Gasteiger partial charge in [0.25, 0.3) is 5.97 Å². The molecular weight excluding hydrogens is 240 g/mol. The van der Waals surface area contributed by atoms with Gasteiger partial charge in [-0.2, -0.15) is 0 Å². The van der Waals surface area contributed by atoms with E-state index in [4.69, 9.17) is 21.5 Å². The second-order valence-corrected chi connectivity index (χ2v) is 3.29. The van der Waals surface area contributed by atoms with Crippen molar-refractivity contribution in [3.63, 3.8) is 0 Å². The third-order valence-electron chi connectivity index (χ3n) is 1.73. The summed E-state index contributed by atoms with van der Waals surface area (Å²) in [5.74, 6) is -0.833. The summed E-state index contributed by atoms with van der Waals surface area (Å²) in [4.78, 5) is 13.1. The van der Waals surface area contributed by atoms with E-state index in [9.17, 15) is 0 Å². The predicted molar refractivity (Wildman–Crippen MR) is 70.4 cm³/mol. The summed E-state index contributed by atoms with van der Waals surface area (Å²) in [6.07, 6.45) is 0. The van der Waals surface area contributed by atoms with Crippen LogP contribution in [0.25, 0.3) is 11.0 Å². The molecule has 0 aliphatic rings. The molecule has 0 aliphatic carbocycles. The van der Waals surface area contributed by atoms with Gasteiger partial charge >= 0.3 is 0 Å². The minimum Gasteiger partial charge on any atom is -0.481 e. The number of halogens is 1. The van der Waals surface area contributed by atoms with E-state index in [1.807, 2.05) is 49.7 Å². The van der Waals surface area contributed by atoms with Gasteiger partial charge in [0.2, 0.25) is 5.28 Å². The smallest absolute Gasteiger partial charge is 0.300 e. The molecule has 17 heavy (non-hydrogen) atoms. The van der Waals surface area contributed by atoms with Crippen LogP contribution in [-0.4, -0.2) is 20.6 Å². The Labute approximate surface area is 106 Å². The summed E-state index contributed by atoms with van der Waals surface area (Å²) in [5, 5.41) is 7.95. The van der Waals surface area contributed by atoms with Gasteiger partial charge in [0, 0.05) is 14.0 Å². The van der Waals surface area contributed by atoms with Crippen LogP contribution in [0.3, 0.4) is 0 Å². The monoisotopic (exact) mass is 256 g/mol. The summed E-state index contributed by atoms with van der Waals surface area (Å²) in [5.41, 5.74) is 2.01. The first-order valence-corrected chi connectivity index (χ1v) is 5.66. The van der Waals surface area contributed by atoms with Crippen molar-refractivity contribution in [1.29, 1.82) is 0 Å². The maximum Gasteiger partial charge on any atom is 0.300 e. The van der Waals surface area contributed by atoms with Crippen LogP contribution < -0.4 is 0 Å². The molecular formula is C12H17ClN2O2. The molecule has 0 aliphatic heterocycles. The standard InChI is InChI=1S/C8H7ClN2.C2H4O2.C2H6/c1-11-7-5-3-2-4-6(7)10-8(11)9;1-2(3)4;1-2/h2-5H,1H3;1H3,(H,3,4);1-2H3. The fraction of sp³-hybridized carbons (Fsp3) is 0.333. The highest BCUT2D eigenvalue weighted by molar-refractivity contribution is 6.29. The molecule has 0 unspecified atom stereocenters. The van der Waals surface area contributed by atoms with E-state index >= 15 is 0 Å². The average Bonchev–Trinajstić information content (AvgIpc) is 2.58. The second kappa shape index (κ2) is 7.68. The summed E-state index contributed by atoms with van der Waals surface area (Å²) in [6, 6.07) is 7.86. The summed E-state index contributed by atoms with van der Waals surface area (Å²) < 4.78 is 1.86. The van der Waals surface area contributed by atoms with Crippen molar-refractivity contribution in [3.05, 3.63) is 29.5 Å². The number of fused-ring (bicyclic) bond motifs is 1. The number of rotatable bonds is 0. The molecule has 1 N–H and O–H groups in total. The molecule has 4 nitrogen and oxygen atoms in total. The highest BCUT2D eigenvalue weighted by Gasteiger charge is 2.02. The molecule has 0 atom stereocenters. The number of aryl methyl sites for hydroxylation is 1. The van der Waals surface area contributed by atoms with Gasteiger partial charge in [-0.1, -0.05) is 26.0 Å². The highest BCUT2D eigenvalue weighted by atomic mass is 35.5. The normalized spacial score (nSPS) is 8.76. The van der Waals surface area contributed by atoms with Crippen molar-refractivity contribution in [2.24, 2.45) is 7.05 Å². The Morgan fingerprint density at radius 2 is 1.82 bits per heavy atom. The fourth-order valence-electron chi connectivity index (χ4n) is 1.12. The third-order valence-corrected chi connectivity index (χ3v) is 2.07. The largest absolute Gasteiger partial charge is 0.481 e. The van der Waals surface area contributed by atoms with Crippen molar-refractivity contribution in [3.8, 4) is 0 Å². The quantitative estimate of drug-likeness (QED) is 0.786. The molecule has 1 aromatic heterocycles. The minimum atomic E-state index is -0.833. The minimum absolute atomic E-state index is 0.534. The summed E-state index contributed by atoms with van der Waals surface area (Å²) >= 11 is 5.80. The Hall–Kier alpha value is -1.55. The zero-order valence-corrected chi connectivity index (χ0v) is 11.2. The van der Waals surface area contributed by atoms with Crippen LogP contribution in [0.4, 0.5) is 0 Å². The first kappa shape index (κ1) is 15.4. The fourth-order valence-corrected chi connectivity index (χ4v) is 1.30. The molecule has 0 radical (unpaired) electrons. The average molecular weight is 257 g/mol. The van der Waals surface area contributed by atoms with E-state index in [0.717, 1.165) is 18.0 Å². The van der Waals surface area contributed by atoms with Crippen molar-refractivity contribution < 1.29 is 9.90 Å². The van der Waals surface area contributed by atoms with Gasteiger partial charge in [0.15, 0.2) is 0 Å². The number of carboxylic acids is 1. The van der Waals surface area contributed by atoms with Gasteiger partial charge < -0.3 is 9.67 Å². The van der Waals surface area contributed by atoms with E-state index < -0.39 is 5.97 Å². The second-order valence-electron chi connectivity index (χ2n) is 2.95. The first-order valence-electron chi connectivity index (χ1n) is 5.29. The molecule has 2 aromatic rings. The van der Waals surface area contributed by atoms with Crippen molar-refractivity contribution in [1.82, 2.24) is 9.55 Å². The number of aliphatic carboxylic acids is 1. The molecule has 94 valence electrons. The Bertz CT molecular complexity index is 476. The number of aromatic nitrogens is 2. The van der Waals surface area contributed by atoms with Gasteiger partial charge in [-0.15, -0.1) is 0 Å². The van der Waals surface area contributed by atoms with Crippen LogP contribution in [0.5, 0.6) is 0 Å². The maximum atomic E-state index is 9.00. The summed E-state index contributed by atoms with van der Waals surface area (Å²) in [6.45, 7) is 5.08. The van der Waals surface area contributed by atoms with Crippen LogP contribution in [0.15, 0.2) is 24.3 Å². The molecule has 0 bridgehead atoms. The van der Waals surface area contributed by atoms with Gasteiger partial charge in [0.05, 0.1) is 11.0 Å². The van der Waals surface area contributed by atoms with E-state index in [1.54, 1.807) is 0 Å². The number of para-hydroxylation sites is 2. The third kappa shape index (κ3) is 4.87. The van der Waals surface area contributed by atoms with E-state index in [1.165, 1.54) is 0 Å². The number of nitrogens with zero attached hydrogens (tertiary/aromatic N) is 2. The summed E-state index contributed by atoms with van der Waals surface area (Å²) in [7, 11) is 1.90. The van der Waals surface area contributed by atoms with Gasteiger partial charge in [-0.05, 0) is 23.7 Å². The highest BCUT2D eigenvalue weighted by Crippen LogP contribution is 2.16. The molecule has 0 amide bonds. The Balaban J connectivity index is 0.000000368. The predicted octanol–water partition coefficient (Wildman–Crippen LogP) is 3.34. The van der Waals surface area contributed by atoms with Crippen LogP contribution in [0.2, 0.25) is 5.28 Å². The van der Waals surface area contributed by atoms with Crippen molar-refractivity contribution in [2.45, 2.75) is 20.8 Å². The number of benzene rings is 1. The van der Waals surface area contributed by atoms with Crippen LogP contribution in [0.1, 0.15) is 20.8 Å². The number of hydrogen-bond donors (Lipinski definition) is 1. The first-order chi connectivity index (χ1) is 8.02. The molecule has 2 rings (SSSR count). The number of hydrogen-bond acceptors (Lipinski definition) is 2. The molecule has 0 saturated heterocycles.